The Balaban J connectivity index is 0.000000426. The van der Waals surface area contributed by atoms with Crippen molar-refractivity contribution >= 4 is 23.4 Å². The summed E-state index contributed by atoms with van der Waals surface area (Å²) in [7, 11) is 0. The standard InChI is InChI=1S/C21H22ClF3N4O2.C2HF3O2/c22-14-1-2-17-13(9-14)10-20(31-17)4-7-28(8-5-20)15-11-29(12-16(15)30)18-3-6-26-19(27-18)21(23,24)25;3-2(4,5)1(6)7/h1-3,6,9,15-16,30H,4-5,7-8,10-12H2;(H,6,7)/t15?,16-;/m1./s1. The maximum atomic E-state index is 12.9. The molecular weight excluding hydrogens is 546 g/mol. The number of alkyl halides is 6. The first-order valence-electron chi connectivity index (χ1n) is 11.5. The van der Waals surface area contributed by atoms with Crippen molar-refractivity contribution in [3.63, 3.8) is 0 Å². The Bertz CT molecular complexity index is 1170. The monoisotopic (exact) mass is 568 g/mol. The normalized spacial score (nSPS) is 23.0. The van der Waals surface area contributed by atoms with Crippen LogP contribution in [0.3, 0.4) is 0 Å². The first kappa shape index (κ1) is 28.2. The second-order valence-corrected chi connectivity index (χ2v) is 9.77. The van der Waals surface area contributed by atoms with E-state index in [1.165, 1.54) is 6.07 Å². The van der Waals surface area contributed by atoms with E-state index in [-0.39, 0.29) is 24.0 Å². The molecule has 3 aliphatic heterocycles. The summed E-state index contributed by atoms with van der Waals surface area (Å²) in [6.45, 7) is 2.14. The summed E-state index contributed by atoms with van der Waals surface area (Å²) < 4.78 is 76.9. The minimum atomic E-state index is -5.08. The molecule has 1 aromatic carbocycles. The number of nitrogens with zero attached hydrogens (tertiary/aromatic N) is 4. The van der Waals surface area contributed by atoms with Crippen LogP contribution >= 0.6 is 11.6 Å². The van der Waals surface area contributed by atoms with Crippen LogP contribution in [0.25, 0.3) is 0 Å². The molecule has 3 aliphatic rings. The Hall–Kier alpha value is -2.84. The first-order valence-corrected chi connectivity index (χ1v) is 11.9. The molecule has 2 atom stereocenters. The lowest BCUT2D eigenvalue weighted by Crippen LogP contribution is -2.53. The van der Waals surface area contributed by atoms with Gasteiger partial charge in [-0.1, -0.05) is 11.6 Å². The van der Waals surface area contributed by atoms with Gasteiger partial charge in [0.05, 0.1) is 12.1 Å². The van der Waals surface area contributed by atoms with Crippen molar-refractivity contribution in [3.8, 4) is 5.75 Å². The Kier molecular flexibility index (Phi) is 7.70. The van der Waals surface area contributed by atoms with Gasteiger partial charge in [0.2, 0.25) is 5.82 Å². The molecule has 0 bridgehead atoms. The van der Waals surface area contributed by atoms with E-state index in [4.69, 9.17) is 26.2 Å². The molecule has 8 nitrogen and oxygen atoms in total. The quantitative estimate of drug-likeness (QED) is 0.528. The first-order chi connectivity index (χ1) is 17.7. The third-order valence-electron chi connectivity index (χ3n) is 6.76. The molecule has 5 rings (SSSR count). The van der Waals surface area contributed by atoms with Gasteiger partial charge in [-0.2, -0.15) is 26.3 Å². The van der Waals surface area contributed by atoms with Crippen LogP contribution < -0.4 is 9.64 Å². The van der Waals surface area contributed by atoms with E-state index >= 15 is 0 Å². The van der Waals surface area contributed by atoms with Gasteiger partial charge in [-0.3, -0.25) is 4.90 Å². The Labute approximate surface area is 217 Å². The number of carboxylic acids is 1. The van der Waals surface area contributed by atoms with Crippen LogP contribution in [0.15, 0.2) is 30.5 Å². The number of benzene rings is 1. The number of aliphatic hydroxyl groups is 1. The van der Waals surface area contributed by atoms with E-state index in [1.54, 1.807) is 4.90 Å². The van der Waals surface area contributed by atoms with E-state index in [0.717, 1.165) is 49.9 Å². The van der Waals surface area contributed by atoms with Crippen LogP contribution in [0.4, 0.5) is 32.2 Å². The van der Waals surface area contributed by atoms with Crippen LogP contribution in [0.2, 0.25) is 5.02 Å². The smallest absolute Gasteiger partial charge is 0.487 e. The highest BCUT2D eigenvalue weighted by atomic mass is 35.5. The van der Waals surface area contributed by atoms with E-state index in [1.807, 2.05) is 18.2 Å². The minimum Gasteiger partial charge on any atom is -0.487 e. The van der Waals surface area contributed by atoms with E-state index < -0.39 is 30.3 Å². The zero-order valence-corrected chi connectivity index (χ0v) is 20.4. The van der Waals surface area contributed by atoms with Gasteiger partial charge in [0, 0.05) is 56.7 Å². The lowest BCUT2D eigenvalue weighted by Gasteiger charge is -2.41. The molecular formula is C23H23ClF6N4O4. The summed E-state index contributed by atoms with van der Waals surface area (Å²) in [5, 5.41) is 18.5. The van der Waals surface area contributed by atoms with Crippen molar-refractivity contribution in [2.75, 3.05) is 31.1 Å². The van der Waals surface area contributed by atoms with Gasteiger partial charge in [0.25, 0.3) is 0 Å². The fourth-order valence-electron chi connectivity index (χ4n) is 4.92. The predicted octanol–water partition coefficient (Wildman–Crippen LogP) is 3.80. The molecule has 1 aromatic heterocycles. The Morgan fingerprint density at radius 2 is 1.76 bits per heavy atom. The maximum absolute atomic E-state index is 12.9. The molecule has 0 saturated carbocycles. The number of likely N-dealkylation sites (tertiary alicyclic amines) is 1. The summed E-state index contributed by atoms with van der Waals surface area (Å²) in [4.78, 5) is 19.8. The fraction of sp³-hybridized carbons (Fsp3) is 0.522. The predicted molar refractivity (Wildman–Crippen MR) is 122 cm³/mol. The lowest BCUT2D eigenvalue weighted by atomic mass is 9.86. The number of aliphatic hydroxyl groups excluding tert-OH is 1. The summed E-state index contributed by atoms with van der Waals surface area (Å²) in [6.07, 6.45) is -6.80. The zero-order valence-electron chi connectivity index (χ0n) is 19.6. The Morgan fingerprint density at radius 1 is 1.11 bits per heavy atom. The van der Waals surface area contributed by atoms with E-state index in [0.29, 0.717) is 11.6 Å². The lowest BCUT2D eigenvalue weighted by molar-refractivity contribution is -0.192. The summed E-state index contributed by atoms with van der Waals surface area (Å²) in [5.41, 5.74) is 0.873. The summed E-state index contributed by atoms with van der Waals surface area (Å²) in [6, 6.07) is 6.97. The molecule has 4 heterocycles. The van der Waals surface area contributed by atoms with Crippen LogP contribution in [0, 0.1) is 0 Å². The number of β-amino-alcohol motifs (C(OH)–C–C–N with tert-alkyl or cyclic N) is 1. The van der Waals surface area contributed by atoms with Crippen LogP contribution in [0.1, 0.15) is 24.2 Å². The molecule has 1 unspecified atom stereocenters. The van der Waals surface area contributed by atoms with Gasteiger partial charge in [0.1, 0.15) is 17.2 Å². The molecule has 2 fully saturated rings. The minimum absolute atomic E-state index is 0.167. The fourth-order valence-corrected chi connectivity index (χ4v) is 5.12. The van der Waals surface area contributed by atoms with Crippen molar-refractivity contribution in [2.45, 2.75) is 49.4 Å². The number of halogens is 7. The van der Waals surface area contributed by atoms with Crippen LogP contribution in [0.5, 0.6) is 5.75 Å². The number of hydrogen-bond donors (Lipinski definition) is 2. The molecule has 0 aliphatic carbocycles. The maximum Gasteiger partial charge on any atom is 0.490 e. The van der Waals surface area contributed by atoms with E-state index in [2.05, 4.69) is 14.9 Å². The third-order valence-corrected chi connectivity index (χ3v) is 6.99. The zero-order chi connectivity index (χ0) is 27.9. The average molecular weight is 569 g/mol. The number of fused-ring (bicyclic) bond motifs is 1. The van der Waals surface area contributed by atoms with Gasteiger partial charge in [-0.15, -0.1) is 0 Å². The van der Waals surface area contributed by atoms with Crippen LogP contribution in [-0.4, -0.2) is 81.2 Å². The van der Waals surface area contributed by atoms with Crippen molar-refractivity contribution in [3.05, 3.63) is 46.9 Å². The second-order valence-electron chi connectivity index (χ2n) is 9.33. The topological polar surface area (TPSA) is 99.0 Å². The van der Waals surface area contributed by atoms with Crippen LogP contribution in [-0.2, 0) is 17.4 Å². The number of aliphatic carboxylic acids is 1. The van der Waals surface area contributed by atoms with Gasteiger partial charge in [-0.05, 0) is 29.8 Å². The molecule has 15 heteroatoms. The highest BCUT2D eigenvalue weighted by Crippen LogP contribution is 2.42. The number of carboxylic acid groups (broad SMARTS) is 1. The molecule has 1 spiro atoms. The van der Waals surface area contributed by atoms with Gasteiger partial charge in [0.15, 0.2) is 0 Å². The summed E-state index contributed by atoms with van der Waals surface area (Å²) >= 11 is 6.11. The third kappa shape index (κ3) is 6.24. The largest absolute Gasteiger partial charge is 0.490 e. The number of ether oxygens (including phenoxy) is 1. The highest BCUT2D eigenvalue weighted by Gasteiger charge is 2.46. The number of hydrogen-bond acceptors (Lipinski definition) is 7. The molecule has 38 heavy (non-hydrogen) atoms. The molecule has 0 amide bonds. The van der Waals surface area contributed by atoms with Crippen molar-refractivity contribution < 1.29 is 46.1 Å². The molecule has 2 saturated heterocycles. The molecule has 2 aromatic rings. The molecule has 0 radical (unpaired) electrons. The number of piperidine rings is 1. The number of anilines is 1. The van der Waals surface area contributed by atoms with Gasteiger partial charge < -0.3 is 19.8 Å². The molecule has 208 valence electrons. The highest BCUT2D eigenvalue weighted by molar-refractivity contribution is 6.30. The Morgan fingerprint density at radius 3 is 2.37 bits per heavy atom. The number of carbonyl (C=O) groups is 1. The second kappa shape index (κ2) is 10.4. The number of rotatable bonds is 2. The van der Waals surface area contributed by atoms with Crippen molar-refractivity contribution in [1.82, 2.24) is 14.9 Å². The van der Waals surface area contributed by atoms with Crippen molar-refractivity contribution in [2.24, 2.45) is 0 Å². The van der Waals surface area contributed by atoms with Crippen molar-refractivity contribution in [1.29, 1.82) is 0 Å². The molecule has 2 N–H and O–H groups in total. The van der Waals surface area contributed by atoms with Gasteiger partial charge in [-0.25, -0.2) is 14.8 Å². The van der Waals surface area contributed by atoms with Gasteiger partial charge >= 0.3 is 18.3 Å². The van der Waals surface area contributed by atoms with E-state index in [9.17, 15) is 31.4 Å². The average Bonchev–Trinajstić information content (AvgIpc) is 3.39. The number of aromatic nitrogens is 2. The summed E-state index contributed by atoms with van der Waals surface area (Å²) in [5.74, 6) is -2.86. The SMILES string of the molecule is O=C(O)C(F)(F)F.O[C@@H]1CN(c2ccnc(C(F)(F)F)n2)CC1N1CCC2(CC1)Cc1cc(Cl)ccc1O2.